The predicted octanol–water partition coefficient (Wildman–Crippen LogP) is 3.40. The first-order valence-corrected chi connectivity index (χ1v) is 5.37. The minimum absolute atomic E-state index is 0.276. The van der Waals surface area contributed by atoms with E-state index in [0.29, 0.717) is 12.1 Å². The Bertz CT molecular complexity index is 550. The highest BCUT2D eigenvalue weighted by Crippen LogP contribution is 2.28. The molecule has 1 nitrogen and oxygen atoms in total. The van der Waals surface area contributed by atoms with Crippen molar-refractivity contribution >= 4 is 0 Å². The molecule has 2 rings (SSSR count). The van der Waals surface area contributed by atoms with E-state index < -0.39 is 11.6 Å². The van der Waals surface area contributed by atoms with Gasteiger partial charge in [-0.2, -0.15) is 0 Å². The fourth-order valence-corrected chi connectivity index (χ4v) is 1.80. The van der Waals surface area contributed by atoms with Gasteiger partial charge in [-0.1, -0.05) is 24.3 Å². The van der Waals surface area contributed by atoms with Crippen LogP contribution >= 0.6 is 0 Å². The zero-order chi connectivity index (χ0) is 12.4. The average molecular weight is 233 g/mol. The van der Waals surface area contributed by atoms with Gasteiger partial charge in [-0.15, -0.1) is 0 Å². The number of nitrogens with two attached hydrogens (primary N) is 1. The van der Waals surface area contributed by atoms with Gasteiger partial charge in [0.15, 0.2) is 11.6 Å². The number of aryl methyl sites for hydroxylation is 1. The second kappa shape index (κ2) is 4.63. The van der Waals surface area contributed by atoms with Crippen LogP contribution in [-0.4, -0.2) is 0 Å². The molecule has 0 aromatic heterocycles. The summed E-state index contributed by atoms with van der Waals surface area (Å²) in [6, 6.07) is 9.73. The third kappa shape index (κ3) is 2.19. The molecule has 0 saturated carbocycles. The van der Waals surface area contributed by atoms with Crippen molar-refractivity contribution in [3.8, 4) is 11.1 Å². The number of benzene rings is 2. The van der Waals surface area contributed by atoms with Gasteiger partial charge in [-0.3, -0.25) is 0 Å². The van der Waals surface area contributed by atoms with Gasteiger partial charge >= 0.3 is 0 Å². The normalized spacial score (nSPS) is 10.6. The van der Waals surface area contributed by atoms with Gasteiger partial charge < -0.3 is 5.73 Å². The van der Waals surface area contributed by atoms with Gasteiger partial charge in [0.05, 0.1) is 0 Å². The molecule has 88 valence electrons. The molecule has 2 aromatic rings. The quantitative estimate of drug-likeness (QED) is 0.845. The zero-order valence-corrected chi connectivity index (χ0v) is 9.50. The summed E-state index contributed by atoms with van der Waals surface area (Å²) in [5.41, 5.74) is 8.30. The van der Waals surface area contributed by atoms with Crippen molar-refractivity contribution in [2.75, 3.05) is 0 Å². The molecule has 0 radical (unpaired) electrons. The molecule has 0 heterocycles. The molecule has 0 spiro atoms. The monoisotopic (exact) mass is 233 g/mol. The van der Waals surface area contributed by atoms with E-state index in [4.69, 9.17) is 5.73 Å². The fourth-order valence-electron chi connectivity index (χ4n) is 1.80. The molecular weight excluding hydrogens is 220 g/mol. The van der Waals surface area contributed by atoms with Gasteiger partial charge in [0.2, 0.25) is 0 Å². The lowest BCUT2D eigenvalue weighted by atomic mass is 9.97. The minimum Gasteiger partial charge on any atom is -0.326 e. The molecule has 0 aliphatic rings. The van der Waals surface area contributed by atoms with Crippen molar-refractivity contribution in [2.24, 2.45) is 5.73 Å². The van der Waals surface area contributed by atoms with Crippen LogP contribution in [0.15, 0.2) is 36.4 Å². The molecule has 0 bridgehead atoms. The Morgan fingerprint density at radius 1 is 1.06 bits per heavy atom. The van der Waals surface area contributed by atoms with Crippen molar-refractivity contribution in [3.63, 3.8) is 0 Å². The second-order valence-corrected chi connectivity index (χ2v) is 3.95. The van der Waals surface area contributed by atoms with E-state index in [2.05, 4.69) is 0 Å². The highest BCUT2D eigenvalue weighted by atomic mass is 19.2. The lowest BCUT2D eigenvalue weighted by Gasteiger charge is -2.09. The fraction of sp³-hybridized carbons (Fsp3) is 0.143. The van der Waals surface area contributed by atoms with Crippen molar-refractivity contribution in [3.05, 3.63) is 59.2 Å². The second-order valence-electron chi connectivity index (χ2n) is 3.95. The first kappa shape index (κ1) is 11.7. The Balaban J connectivity index is 2.63. The highest BCUT2D eigenvalue weighted by molar-refractivity contribution is 5.68. The summed E-state index contributed by atoms with van der Waals surface area (Å²) in [5.74, 6) is -1.65. The SMILES string of the molecule is Cc1ccc(CN)cc1-c1cccc(F)c1F. The van der Waals surface area contributed by atoms with E-state index in [9.17, 15) is 8.78 Å². The maximum absolute atomic E-state index is 13.7. The summed E-state index contributed by atoms with van der Waals surface area (Å²) in [6.45, 7) is 2.24. The van der Waals surface area contributed by atoms with Crippen LogP contribution in [0, 0.1) is 18.6 Å². The maximum Gasteiger partial charge on any atom is 0.166 e. The third-order valence-electron chi connectivity index (χ3n) is 2.78. The summed E-state index contributed by atoms with van der Waals surface area (Å²) in [5, 5.41) is 0. The van der Waals surface area contributed by atoms with Gasteiger partial charge in [0.1, 0.15) is 0 Å². The molecule has 0 aliphatic heterocycles. The largest absolute Gasteiger partial charge is 0.326 e. The van der Waals surface area contributed by atoms with Crippen LogP contribution in [0.4, 0.5) is 8.78 Å². The summed E-state index contributed by atoms with van der Waals surface area (Å²) in [6.07, 6.45) is 0. The van der Waals surface area contributed by atoms with Crippen LogP contribution in [-0.2, 0) is 6.54 Å². The summed E-state index contributed by atoms with van der Waals surface area (Å²) >= 11 is 0. The topological polar surface area (TPSA) is 26.0 Å². The molecule has 2 aromatic carbocycles. The number of rotatable bonds is 2. The molecule has 0 fully saturated rings. The molecule has 0 aliphatic carbocycles. The summed E-state index contributed by atoms with van der Waals surface area (Å²) in [7, 11) is 0. The van der Waals surface area contributed by atoms with Crippen molar-refractivity contribution in [2.45, 2.75) is 13.5 Å². The molecule has 2 N–H and O–H groups in total. The standard InChI is InChI=1S/C14H13F2N/c1-9-5-6-10(8-17)7-12(9)11-3-2-4-13(15)14(11)16/h2-7H,8,17H2,1H3. The average Bonchev–Trinajstić information content (AvgIpc) is 2.34. The van der Waals surface area contributed by atoms with E-state index in [1.165, 1.54) is 6.07 Å². The van der Waals surface area contributed by atoms with Crippen molar-refractivity contribution in [1.82, 2.24) is 0 Å². The smallest absolute Gasteiger partial charge is 0.166 e. The Labute approximate surface area is 98.9 Å². The van der Waals surface area contributed by atoms with E-state index in [0.717, 1.165) is 17.2 Å². The number of hydrogen-bond donors (Lipinski definition) is 1. The van der Waals surface area contributed by atoms with Gasteiger partial charge in [-0.05, 0) is 35.7 Å². The van der Waals surface area contributed by atoms with Gasteiger partial charge in [-0.25, -0.2) is 8.78 Å². The lowest BCUT2D eigenvalue weighted by molar-refractivity contribution is 0.511. The van der Waals surface area contributed by atoms with E-state index in [1.807, 2.05) is 19.1 Å². The van der Waals surface area contributed by atoms with Gasteiger partial charge in [0.25, 0.3) is 0 Å². The zero-order valence-electron chi connectivity index (χ0n) is 9.50. The van der Waals surface area contributed by atoms with Crippen LogP contribution in [0.5, 0.6) is 0 Å². The first-order valence-electron chi connectivity index (χ1n) is 5.37. The van der Waals surface area contributed by atoms with Crippen LogP contribution < -0.4 is 5.73 Å². The van der Waals surface area contributed by atoms with Crippen LogP contribution in [0.2, 0.25) is 0 Å². The Morgan fingerprint density at radius 3 is 2.53 bits per heavy atom. The molecule has 0 amide bonds. The Kier molecular flexibility index (Phi) is 3.20. The molecule has 0 saturated heterocycles. The van der Waals surface area contributed by atoms with Crippen molar-refractivity contribution < 1.29 is 8.78 Å². The van der Waals surface area contributed by atoms with E-state index in [1.54, 1.807) is 12.1 Å². The maximum atomic E-state index is 13.7. The molecule has 0 unspecified atom stereocenters. The summed E-state index contributed by atoms with van der Waals surface area (Å²) in [4.78, 5) is 0. The first-order chi connectivity index (χ1) is 8.13. The van der Waals surface area contributed by atoms with Crippen LogP contribution in [0.3, 0.4) is 0 Å². The highest BCUT2D eigenvalue weighted by Gasteiger charge is 2.11. The number of halogens is 2. The van der Waals surface area contributed by atoms with Crippen LogP contribution in [0.25, 0.3) is 11.1 Å². The molecule has 0 atom stereocenters. The Morgan fingerprint density at radius 2 is 1.82 bits per heavy atom. The van der Waals surface area contributed by atoms with Crippen LogP contribution in [0.1, 0.15) is 11.1 Å². The molecular formula is C14H13F2N. The van der Waals surface area contributed by atoms with E-state index in [-0.39, 0.29) is 5.56 Å². The third-order valence-corrected chi connectivity index (χ3v) is 2.78. The van der Waals surface area contributed by atoms with E-state index >= 15 is 0 Å². The summed E-state index contributed by atoms with van der Waals surface area (Å²) < 4.78 is 26.9. The minimum atomic E-state index is -0.833. The number of hydrogen-bond acceptors (Lipinski definition) is 1. The van der Waals surface area contributed by atoms with Gasteiger partial charge in [0, 0.05) is 12.1 Å². The molecule has 3 heteroatoms. The molecule has 17 heavy (non-hydrogen) atoms. The van der Waals surface area contributed by atoms with Crippen molar-refractivity contribution in [1.29, 1.82) is 0 Å². The predicted molar refractivity (Wildman–Crippen MR) is 64.4 cm³/mol. The Hall–Kier alpha value is -1.74. The lowest BCUT2D eigenvalue weighted by Crippen LogP contribution is -1.98.